The molecule has 1 heterocycles. The number of aromatic nitrogens is 1. The number of fused-ring (bicyclic) bond motifs is 1. The summed E-state index contributed by atoms with van der Waals surface area (Å²) in [4.78, 5) is 16.9. The van der Waals surface area contributed by atoms with Crippen LogP contribution < -0.4 is 19.5 Å². The summed E-state index contributed by atoms with van der Waals surface area (Å²) >= 11 is 0. The van der Waals surface area contributed by atoms with Crippen molar-refractivity contribution in [1.29, 1.82) is 0 Å². The number of carbonyl (C=O) groups excluding carboxylic acids is 1. The van der Waals surface area contributed by atoms with Crippen LogP contribution in [-0.2, 0) is 11.3 Å². The molecule has 0 spiro atoms. The van der Waals surface area contributed by atoms with Gasteiger partial charge in [-0.05, 0) is 54.1 Å². The number of hydrogen-bond donors (Lipinski definition) is 1. The van der Waals surface area contributed by atoms with Crippen LogP contribution in [-0.4, -0.2) is 31.2 Å². The van der Waals surface area contributed by atoms with Gasteiger partial charge in [-0.3, -0.25) is 9.78 Å². The van der Waals surface area contributed by atoms with Crippen molar-refractivity contribution in [2.75, 3.05) is 25.6 Å². The molecule has 0 radical (unpaired) electrons. The summed E-state index contributed by atoms with van der Waals surface area (Å²) in [6.07, 6.45) is 2.44. The van der Waals surface area contributed by atoms with Crippen molar-refractivity contribution in [2.24, 2.45) is 0 Å². The maximum atomic E-state index is 12.4. The molecular weight excluding hydrogens is 504 g/mol. The Morgan fingerprint density at radius 2 is 1.55 bits per heavy atom. The largest absolute Gasteiger partial charge is 0.493 e. The third-order valence-corrected chi connectivity index (χ3v) is 6.17. The number of hydrogen-bond acceptors (Lipinski definition) is 6. The van der Waals surface area contributed by atoms with Crippen molar-refractivity contribution >= 4 is 22.5 Å². The zero-order valence-electron chi connectivity index (χ0n) is 22.2. The Kier molecular flexibility index (Phi) is 8.86. The number of carbonyl (C=O) groups is 1. The van der Waals surface area contributed by atoms with E-state index in [-0.39, 0.29) is 5.91 Å². The Hall–Kier alpha value is -4.88. The number of ether oxygens (including phenoxy) is 4. The van der Waals surface area contributed by atoms with E-state index in [0.717, 1.165) is 22.9 Å². The average Bonchev–Trinajstić information content (AvgIpc) is 3.00. The van der Waals surface area contributed by atoms with Gasteiger partial charge < -0.3 is 24.3 Å². The third-order valence-electron chi connectivity index (χ3n) is 6.17. The fourth-order valence-corrected chi connectivity index (χ4v) is 4.12. The van der Waals surface area contributed by atoms with E-state index in [4.69, 9.17) is 18.9 Å². The summed E-state index contributed by atoms with van der Waals surface area (Å²) in [6.45, 7) is 1.66. The molecule has 1 amide bonds. The second kappa shape index (κ2) is 13.3. The highest BCUT2D eigenvalue weighted by atomic mass is 16.5. The van der Waals surface area contributed by atoms with Gasteiger partial charge in [0.25, 0.3) is 5.91 Å². The molecule has 7 nitrogen and oxygen atoms in total. The third kappa shape index (κ3) is 6.95. The maximum Gasteiger partial charge on any atom is 0.255 e. The van der Waals surface area contributed by atoms with Gasteiger partial charge in [-0.2, -0.15) is 0 Å². The van der Waals surface area contributed by atoms with Crippen LogP contribution in [0, 0.1) is 0 Å². The summed E-state index contributed by atoms with van der Waals surface area (Å²) in [5.74, 6) is 2.29. The topological polar surface area (TPSA) is 78.9 Å². The summed E-state index contributed by atoms with van der Waals surface area (Å²) in [7, 11) is 1.61. The van der Waals surface area contributed by atoms with Gasteiger partial charge in [0.2, 0.25) is 0 Å². The Labute approximate surface area is 233 Å². The van der Waals surface area contributed by atoms with E-state index in [9.17, 15) is 4.79 Å². The predicted molar refractivity (Wildman–Crippen MR) is 155 cm³/mol. The maximum absolute atomic E-state index is 12.4. The van der Waals surface area contributed by atoms with Gasteiger partial charge in [0.05, 0.1) is 32.4 Å². The van der Waals surface area contributed by atoms with Gasteiger partial charge in [0.15, 0.2) is 11.5 Å². The predicted octanol–water partition coefficient (Wildman–Crippen LogP) is 7.27. The number of amides is 1. The minimum atomic E-state index is -0.167. The van der Waals surface area contributed by atoms with Crippen molar-refractivity contribution in [3.63, 3.8) is 0 Å². The summed E-state index contributed by atoms with van der Waals surface area (Å²) in [5, 5.41) is 3.68. The Bertz CT molecular complexity index is 1540. The molecule has 5 rings (SSSR count). The van der Waals surface area contributed by atoms with Crippen molar-refractivity contribution in [2.45, 2.75) is 13.0 Å². The molecule has 0 bridgehead atoms. The highest BCUT2D eigenvalue weighted by Gasteiger charge is 2.13. The number of rotatable bonds is 12. The fourth-order valence-electron chi connectivity index (χ4n) is 4.12. The van der Waals surface area contributed by atoms with Gasteiger partial charge in [-0.25, -0.2) is 0 Å². The molecule has 0 fully saturated rings. The van der Waals surface area contributed by atoms with E-state index in [2.05, 4.69) is 10.3 Å². The molecule has 0 aliphatic rings. The van der Waals surface area contributed by atoms with Gasteiger partial charge in [0, 0.05) is 35.3 Å². The lowest BCUT2D eigenvalue weighted by Crippen LogP contribution is -2.11. The first kappa shape index (κ1) is 26.7. The van der Waals surface area contributed by atoms with E-state index < -0.39 is 0 Å². The highest BCUT2D eigenvalue weighted by Crippen LogP contribution is 2.37. The zero-order valence-corrected chi connectivity index (χ0v) is 22.2. The van der Waals surface area contributed by atoms with Crippen LogP contribution in [0.1, 0.15) is 22.3 Å². The van der Waals surface area contributed by atoms with E-state index in [1.54, 1.807) is 55.8 Å². The van der Waals surface area contributed by atoms with Crippen LogP contribution >= 0.6 is 0 Å². The van der Waals surface area contributed by atoms with E-state index in [1.165, 1.54) is 0 Å². The van der Waals surface area contributed by atoms with Crippen molar-refractivity contribution in [1.82, 2.24) is 4.98 Å². The first-order valence-electron chi connectivity index (χ1n) is 13.0. The van der Waals surface area contributed by atoms with Crippen LogP contribution in [0.3, 0.4) is 0 Å². The second-order valence-electron chi connectivity index (χ2n) is 9.02. The Balaban J connectivity index is 1.20. The molecule has 40 heavy (non-hydrogen) atoms. The highest BCUT2D eigenvalue weighted by molar-refractivity contribution is 6.04. The summed E-state index contributed by atoms with van der Waals surface area (Å²) in [5.41, 5.74) is 3.14. The zero-order chi connectivity index (χ0) is 27.6. The fraction of sp³-hybridized carbons (Fsp3) is 0.152. The lowest BCUT2D eigenvalue weighted by atomic mass is 10.1. The molecular formula is C33H30N2O5. The van der Waals surface area contributed by atoms with Crippen molar-refractivity contribution < 1.29 is 23.7 Å². The molecule has 0 saturated carbocycles. The molecule has 0 aliphatic carbocycles. The molecule has 0 saturated heterocycles. The quantitative estimate of drug-likeness (QED) is 0.170. The monoisotopic (exact) mass is 534 g/mol. The lowest BCUT2D eigenvalue weighted by Gasteiger charge is -2.14. The second-order valence-corrected chi connectivity index (χ2v) is 9.02. The molecule has 7 heteroatoms. The van der Waals surface area contributed by atoms with Gasteiger partial charge in [-0.15, -0.1) is 0 Å². The molecule has 4 aromatic carbocycles. The minimum Gasteiger partial charge on any atom is -0.493 e. The van der Waals surface area contributed by atoms with Crippen LogP contribution in [0.15, 0.2) is 109 Å². The Morgan fingerprint density at radius 3 is 2.30 bits per heavy atom. The number of pyridine rings is 1. The molecule has 202 valence electrons. The van der Waals surface area contributed by atoms with Gasteiger partial charge >= 0.3 is 0 Å². The Morgan fingerprint density at radius 1 is 0.800 bits per heavy atom. The summed E-state index contributed by atoms with van der Waals surface area (Å²) < 4.78 is 23.5. The van der Waals surface area contributed by atoms with E-state index >= 15 is 0 Å². The molecule has 0 atom stereocenters. The van der Waals surface area contributed by atoms with Crippen LogP contribution in [0.4, 0.5) is 5.69 Å². The van der Waals surface area contributed by atoms with Gasteiger partial charge in [0.1, 0.15) is 11.5 Å². The lowest BCUT2D eigenvalue weighted by molar-refractivity contribution is 0.102. The van der Waals surface area contributed by atoms with Crippen LogP contribution in [0.2, 0.25) is 0 Å². The number of anilines is 1. The average molecular weight is 535 g/mol. The molecule has 1 aromatic heterocycles. The van der Waals surface area contributed by atoms with Crippen molar-refractivity contribution in [3.05, 3.63) is 120 Å². The first-order chi connectivity index (χ1) is 19.7. The van der Waals surface area contributed by atoms with Crippen LogP contribution in [0.25, 0.3) is 10.9 Å². The van der Waals surface area contributed by atoms with E-state index in [1.807, 2.05) is 60.7 Å². The smallest absolute Gasteiger partial charge is 0.255 e. The number of nitrogens with one attached hydrogen (secondary N) is 1. The van der Waals surface area contributed by atoms with Crippen molar-refractivity contribution in [3.8, 4) is 23.0 Å². The number of nitrogens with zero attached hydrogens (tertiary/aromatic N) is 1. The SMILES string of the molecule is COc1cc2c(Oc3ccc(NC(=O)c4ccccc4)cc3)ccnc2cc1OCCCOCc1ccccc1. The molecule has 0 aliphatic heterocycles. The minimum absolute atomic E-state index is 0.167. The normalized spacial score (nSPS) is 10.7. The first-order valence-corrected chi connectivity index (χ1v) is 13.0. The molecule has 1 N–H and O–H groups in total. The number of benzene rings is 4. The molecule has 0 unspecified atom stereocenters. The van der Waals surface area contributed by atoms with Gasteiger partial charge in [-0.1, -0.05) is 48.5 Å². The summed E-state index contributed by atoms with van der Waals surface area (Å²) in [6, 6.07) is 31.9. The molecule has 5 aromatic rings. The van der Waals surface area contributed by atoms with Crippen LogP contribution in [0.5, 0.6) is 23.0 Å². The standard InChI is InChI=1S/C33H30N2O5/c1-37-31-21-28-29(22-32(31)39-20-8-19-38-23-24-9-4-2-5-10-24)34-18-17-30(28)40-27-15-13-26(14-16-27)35-33(36)25-11-6-3-7-12-25/h2-7,9-18,21-22H,8,19-20,23H2,1H3,(H,35,36). The van der Waals surface area contributed by atoms with E-state index in [0.29, 0.717) is 54.1 Å². The number of methoxy groups -OCH3 is 1.